The second-order valence-corrected chi connectivity index (χ2v) is 5.28. The summed E-state index contributed by atoms with van der Waals surface area (Å²) in [5.41, 5.74) is 1.76. The van der Waals surface area contributed by atoms with E-state index in [-0.39, 0.29) is 6.09 Å². The minimum Gasteiger partial charge on any atom is -0.444 e. The Bertz CT molecular complexity index is 526. The van der Waals surface area contributed by atoms with Gasteiger partial charge < -0.3 is 4.74 Å². The molecule has 5 nitrogen and oxygen atoms in total. The maximum absolute atomic E-state index is 11.9. The molecule has 2 rings (SSSR count). The van der Waals surface area contributed by atoms with Crippen LogP contribution in [0.15, 0.2) is 12.3 Å². The number of ether oxygens (including phenoxy) is 1. The van der Waals surface area contributed by atoms with E-state index in [2.05, 4.69) is 4.98 Å². The summed E-state index contributed by atoms with van der Waals surface area (Å²) in [6.07, 6.45) is 1.18. The summed E-state index contributed by atoms with van der Waals surface area (Å²) in [5, 5.41) is 8.80. The van der Waals surface area contributed by atoms with E-state index < -0.39 is 5.60 Å². The topological polar surface area (TPSA) is 66.2 Å². The maximum Gasteiger partial charge on any atom is 0.410 e. The molecule has 1 amide bonds. The summed E-state index contributed by atoms with van der Waals surface area (Å²) < 4.78 is 5.30. The van der Waals surface area contributed by atoms with Crippen LogP contribution in [-0.4, -0.2) is 21.6 Å². The molecule has 1 aliphatic heterocycles. The number of fused-ring (bicyclic) bond motifs is 1. The lowest BCUT2D eigenvalue weighted by Gasteiger charge is -2.23. The fraction of sp³-hybridized carbons (Fsp3) is 0.462. The number of carbonyl (C=O) groups excluding carboxylic acids is 1. The Morgan fingerprint density at radius 1 is 1.50 bits per heavy atom. The highest BCUT2D eigenvalue weighted by Gasteiger charge is 2.28. The number of hydrogen-bond acceptors (Lipinski definition) is 4. The summed E-state index contributed by atoms with van der Waals surface area (Å²) in [6.45, 7) is 6.39. The van der Waals surface area contributed by atoms with Gasteiger partial charge in [-0.3, -0.25) is 9.88 Å². The fourth-order valence-electron chi connectivity index (χ4n) is 1.78. The number of pyridine rings is 1. The number of aromatic nitrogens is 1. The van der Waals surface area contributed by atoms with Crippen molar-refractivity contribution in [2.45, 2.75) is 39.5 Å². The van der Waals surface area contributed by atoms with Gasteiger partial charge in [-0.2, -0.15) is 5.26 Å². The van der Waals surface area contributed by atoms with Crippen LogP contribution in [0.25, 0.3) is 0 Å². The zero-order chi connectivity index (χ0) is 13.3. The van der Waals surface area contributed by atoms with Crippen LogP contribution >= 0.6 is 0 Å². The molecule has 5 heteroatoms. The van der Waals surface area contributed by atoms with Gasteiger partial charge in [-0.05, 0) is 32.4 Å². The van der Waals surface area contributed by atoms with Crippen molar-refractivity contribution in [3.63, 3.8) is 0 Å². The molecule has 0 spiro atoms. The normalized spacial score (nSPS) is 14.0. The molecule has 0 aliphatic carbocycles. The first-order valence-electron chi connectivity index (χ1n) is 5.75. The van der Waals surface area contributed by atoms with E-state index in [1.807, 2.05) is 26.8 Å². The molecule has 1 aromatic heterocycles. The van der Waals surface area contributed by atoms with Gasteiger partial charge in [0.1, 0.15) is 11.7 Å². The Morgan fingerprint density at radius 3 is 2.83 bits per heavy atom. The van der Waals surface area contributed by atoms with Gasteiger partial charge in [-0.25, -0.2) is 4.79 Å². The standard InChI is InChI=1S/C13H15N3O2/c1-13(2,3)18-12(17)16-7-10-4-9(5-14)6-15-11(10)8-16/h4,6H,7-8H2,1-3H3. The molecule has 1 aromatic rings. The first kappa shape index (κ1) is 12.4. The lowest BCUT2D eigenvalue weighted by molar-refractivity contribution is 0.0240. The average Bonchev–Trinajstić information content (AvgIpc) is 2.69. The van der Waals surface area contributed by atoms with Gasteiger partial charge in [0.05, 0.1) is 24.3 Å². The van der Waals surface area contributed by atoms with Crippen LogP contribution in [0.1, 0.15) is 37.6 Å². The largest absolute Gasteiger partial charge is 0.444 e. The summed E-state index contributed by atoms with van der Waals surface area (Å²) >= 11 is 0. The van der Waals surface area contributed by atoms with E-state index in [1.165, 1.54) is 6.20 Å². The Hall–Kier alpha value is -2.09. The molecule has 0 bridgehead atoms. The number of carbonyl (C=O) groups is 1. The fourth-order valence-corrected chi connectivity index (χ4v) is 1.78. The lowest BCUT2D eigenvalue weighted by atomic mass is 10.2. The van der Waals surface area contributed by atoms with Crippen LogP contribution in [0.4, 0.5) is 4.79 Å². The van der Waals surface area contributed by atoms with Gasteiger partial charge in [0.15, 0.2) is 0 Å². The summed E-state index contributed by atoms with van der Waals surface area (Å²) in [7, 11) is 0. The van der Waals surface area contributed by atoms with Gasteiger partial charge in [-0.1, -0.05) is 0 Å². The molecule has 0 fully saturated rings. The third-order valence-corrected chi connectivity index (χ3v) is 2.54. The summed E-state index contributed by atoms with van der Waals surface area (Å²) in [4.78, 5) is 17.7. The minimum absolute atomic E-state index is 0.348. The van der Waals surface area contributed by atoms with Crippen molar-refractivity contribution >= 4 is 6.09 Å². The number of hydrogen-bond donors (Lipinski definition) is 0. The number of nitriles is 1. The van der Waals surface area contributed by atoms with E-state index >= 15 is 0 Å². The highest BCUT2D eigenvalue weighted by Crippen LogP contribution is 2.23. The van der Waals surface area contributed by atoms with Crippen LogP contribution in [0.3, 0.4) is 0 Å². The van der Waals surface area contributed by atoms with Crippen LogP contribution in [0.2, 0.25) is 0 Å². The molecule has 1 aliphatic rings. The first-order chi connectivity index (χ1) is 8.39. The molecule has 94 valence electrons. The highest BCUT2D eigenvalue weighted by molar-refractivity contribution is 5.69. The third kappa shape index (κ3) is 2.59. The molecular weight excluding hydrogens is 230 g/mol. The Kier molecular flexibility index (Phi) is 2.95. The predicted molar refractivity (Wildman–Crippen MR) is 64.4 cm³/mol. The molecule has 0 unspecified atom stereocenters. The van der Waals surface area contributed by atoms with E-state index in [9.17, 15) is 4.79 Å². The van der Waals surface area contributed by atoms with E-state index in [1.54, 1.807) is 11.0 Å². The lowest BCUT2D eigenvalue weighted by Crippen LogP contribution is -2.33. The molecule has 18 heavy (non-hydrogen) atoms. The second-order valence-electron chi connectivity index (χ2n) is 5.28. The molecular formula is C13H15N3O2. The van der Waals surface area contributed by atoms with E-state index in [0.717, 1.165) is 11.3 Å². The van der Waals surface area contributed by atoms with Gasteiger partial charge in [0.25, 0.3) is 0 Å². The van der Waals surface area contributed by atoms with Crippen LogP contribution in [0.5, 0.6) is 0 Å². The SMILES string of the molecule is CC(C)(C)OC(=O)N1Cc2cc(C#N)cnc2C1. The minimum atomic E-state index is -0.503. The maximum atomic E-state index is 11.9. The smallest absolute Gasteiger partial charge is 0.410 e. The summed E-state index contributed by atoms with van der Waals surface area (Å²) in [6, 6.07) is 3.81. The van der Waals surface area contributed by atoms with Crippen molar-refractivity contribution in [1.82, 2.24) is 9.88 Å². The average molecular weight is 245 g/mol. The van der Waals surface area contributed by atoms with E-state index in [4.69, 9.17) is 10.00 Å². The number of rotatable bonds is 0. The van der Waals surface area contributed by atoms with Gasteiger partial charge >= 0.3 is 6.09 Å². The molecule has 0 atom stereocenters. The van der Waals surface area contributed by atoms with E-state index in [0.29, 0.717) is 18.7 Å². The highest BCUT2D eigenvalue weighted by atomic mass is 16.6. The van der Waals surface area contributed by atoms with Gasteiger partial charge in [-0.15, -0.1) is 0 Å². The van der Waals surface area contributed by atoms with Crippen molar-refractivity contribution in [3.8, 4) is 6.07 Å². The van der Waals surface area contributed by atoms with Crippen molar-refractivity contribution in [3.05, 3.63) is 29.1 Å². The van der Waals surface area contributed by atoms with Crippen molar-refractivity contribution in [1.29, 1.82) is 5.26 Å². The quantitative estimate of drug-likeness (QED) is 0.702. The zero-order valence-corrected chi connectivity index (χ0v) is 10.7. The monoisotopic (exact) mass is 245 g/mol. The molecule has 0 saturated carbocycles. The van der Waals surface area contributed by atoms with Crippen molar-refractivity contribution in [2.75, 3.05) is 0 Å². The Labute approximate surface area is 106 Å². The Morgan fingerprint density at radius 2 is 2.22 bits per heavy atom. The molecule has 0 radical (unpaired) electrons. The van der Waals surface area contributed by atoms with Crippen LogP contribution in [-0.2, 0) is 17.8 Å². The molecule has 0 N–H and O–H groups in total. The zero-order valence-electron chi connectivity index (χ0n) is 10.7. The molecule has 0 aromatic carbocycles. The summed E-state index contributed by atoms with van der Waals surface area (Å²) in [5.74, 6) is 0. The van der Waals surface area contributed by atoms with Crippen molar-refractivity contribution in [2.24, 2.45) is 0 Å². The first-order valence-corrected chi connectivity index (χ1v) is 5.75. The molecule has 0 saturated heterocycles. The van der Waals surface area contributed by atoms with Crippen LogP contribution in [0, 0.1) is 11.3 Å². The number of amides is 1. The molecule has 2 heterocycles. The number of nitrogens with zero attached hydrogens (tertiary/aromatic N) is 3. The second kappa shape index (κ2) is 4.30. The van der Waals surface area contributed by atoms with Gasteiger partial charge in [0.2, 0.25) is 0 Å². The van der Waals surface area contributed by atoms with Crippen molar-refractivity contribution < 1.29 is 9.53 Å². The third-order valence-electron chi connectivity index (χ3n) is 2.54. The predicted octanol–water partition coefficient (Wildman–Crippen LogP) is 2.20. The Balaban J connectivity index is 2.11. The van der Waals surface area contributed by atoms with Crippen LogP contribution < -0.4 is 0 Å². The van der Waals surface area contributed by atoms with Gasteiger partial charge in [0, 0.05) is 6.20 Å².